The van der Waals surface area contributed by atoms with Gasteiger partial charge in [0, 0.05) is 10.6 Å². The van der Waals surface area contributed by atoms with Gasteiger partial charge in [0.25, 0.3) is 0 Å². The number of benzene rings is 1. The largest absolute Gasteiger partial charge is 0.470 e. The van der Waals surface area contributed by atoms with Crippen LogP contribution in [0.15, 0.2) is 40.8 Å². The maximum atomic E-state index is 6.59. The number of rotatable bonds is 1. The van der Waals surface area contributed by atoms with Gasteiger partial charge in [-0.1, -0.05) is 11.6 Å². The zero-order valence-electron chi connectivity index (χ0n) is 15.0. The Morgan fingerprint density at radius 2 is 2.04 bits per heavy atom. The molecule has 1 atom stereocenters. The third-order valence-electron chi connectivity index (χ3n) is 5.76. The number of ether oxygens (including phenoxy) is 1. The molecule has 1 unspecified atom stereocenters. The average Bonchev–Trinajstić information content (AvgIpc) is 3.25. The highest BCUT2D eigenvalue weighted by molar-refractivity contribution is 6.30. The zero-order chi connectivity index (χ0) is 17.9. The highest BCUT2D eigenvalue weighted by atomic mass is 35.5. The van der Waals surface area contributed by atoms with Crippen LogP contribution in [0.5, 0.6) is 5.75 Å². The topological polar surface area (TPSA) is 42.1 Å². The number of hydrogen-bond acceptors (Lipinski definition) is 4. The molecular weight excluding hydrogens is 350 g/mol. The molecule has 0 bridgehead atoms. The molecule has 1 fully saturated rings. The summed E-state index contributed by atoms with van der Waals surface area (Å²) < 4.78 is 12.4. The van der Waals surface area contributed by atoms with Crippen molar-refractivity contribution in [3.63, 3.8) is 0 Å². The molecule has 0 saturated carbocycles. The standard InChI is InChI=1S/C20H22ClN3O2/c1-13-3-5-19(25-13)16-12-17-15-11-14(21)4-6-18(15)26-20(24(17)22-16)7-9-23(2)10-8-20/h3-6,11-12,17,22H,7-10H2,1-2H3/p+1. The normalized spacial score (nSPS) is 30.3. The van der Waals surface area contributed by atoms with Crippen LogP contribution in [0.2, 0.25) is 5.02 Å². The number of quaternary nitrogens is 1. The Balaban J connectivity index is 1.59. The van der Waals surface area contributed by atoms with E-state index in [0.29, 0.717) is 0 Å². The number of aryl methyl sites for hydroxylation is 1. The molecule has 2 aromatic rings. The molecule has 1 aromatic heterocycles. The average molecular weight is 373 g/mol. The van der Waals surface area contributed by atoms with Crippen molar-refractivity contribution in [2.45, 2.75) is 31.5 Å². The van der Waals surface area contributed by atoms with E-state index < -0.39 is 0 Å². The third kappa shape index (κ3) is 2.46. The second-order valence-electron chi connectivity index (χ2n) is 7.60. The predicted molar refractivity (Wildman–Crippen MR) is 99.8 cm³/mol. The van der Waals surface area contributed by atoms with Crippen molar-refractivity contribution in [2.75, 3.05) is 20.1 Å². The number of halogens is 1. The number of furan rings is 1. The number of nitrogens with zero attached hydrogens (tertiary/aromatic N) is 1. The van der Waals surface area contributed by atoms with Crippen molar-refractivity contribution >= 4 is 17.3 Å². The van der Waals surface area contributed by atoms with Crippen LogP contribution < -0.4 is 15.1 Å². The summed E-state index contributed by atoms with van der Waals surface area (Å²) in [6, 6.07) is 10.0. The van der Waals surface area contributed by atoms with Crippen LogP contribution in [0, 0.1) is 6.92 Å². The van der Waals surface area contributed by atoms with Gasteiger partial charge in [-0.05, 0) is 43.3 Å². The van der Waals surface area contributed by atoms with E-state index in [4.69, 9.17) is 20.8 Å². The molecule has 0 aliphatic carbocycles. The molecule has 1 aromatic carbocycles. The minimum atomic E-state index is -0.342. The first kappa shape index (κ1) is 16.2. The maximum Gasteiger partial charge on any atom is 0.191 e. The maximum absolute atomic E-state index is 6.59. The number of nitrogens with one attached hydrogen (secondary N) is 2. The van der Waals surface area contributed by atoms with Gasteiger partial charge in [-0.25, -0.2) is 0 Å². The Morgan fingerprint density at radius 1 is 1.23 bits per heavy atom. The number of piperidine rings is 1. The van der Waals surface area contributed by atoms with Crippen molar-refractivity contribution in [1.29, 1.82) is 0 Å². The Labute approximate surface area is 158 Å². The Morgan fingerprint density at radius 3 is 2.77 bits per heavy atom. The van der Waals surface area contributed by atoms with Crippen LogP contribution in [-0.2, 0) is 0 Å². The molecule has 4 heterocycles. The van der Waals surface area contributed by atoms with Crippen molar-refractivity contribution in [3.05, 3.63) is 58.5 Å². The highest BCUT2D eigenvalue weighted by Crippen LogP contribution is 2.48. The van der Waals surface area contributed by atoms with E-state index in [2.05, 4.69) is 23.6 Å². The molecule has 1 saturated heterocycles. The number of fused-ring (bicyclic) bond motifs is 4. The summed E-state index contributed by atoms with van der Waals surface area (Å²) in [4.78, 5) is 1.55. The van der Waals surface area contributed by atoms with Gasteiger partial charge in [0.05, 0.1) is 44.7 Å². The van der Waals surface area contributed by atoms with Crippen LogP contribution in [0.1, 0.15) is 36.0 Å². The Hall–Kier alpha value is -1.95. The first-order chi connectivity index (χ1) is 12.5. The molecule has 6 heteroatoms. The zero-order valence-corrected chi connectivity index (χ0v) is 15.8. The van der Waals surface area contributed by atoms with E-state index in [-0.39, 0.29) is 11.8 Å². The molecule has 5 rings (SSSR count). The molecule has 0 radical (unpaired) electrons. The molecule has 0 amide bonds. The second kappa shape index (κ2) is 5.78. The van der Waals surface area contributed by atoms with Gasteiger partial charge in [0.15, 0.2) is 11.5 Å². The lowest BCUT2D eigenvalue weighted by atomic mass is 9.93. The molecule has 2 N–H and O–H groups in total. The molecule has 136 valence electrons. The van der Waals surface area contributed by atoms with E-state index >= 15 is 0 Å². The van der Waals surface area contributed by atoms with Crippen molar-refractivity contribution in [2.24, 2.45) is 0 Å². The molecule has 26 heavy (non-hydrogen) atoms. The molecule has 3 aliphatic rings. The van der Waals surface area contributed by atoms with Crippen LogP contribution in [0.25, 0.3) is 5.70 Å². The molecule has 5 nitrogen and oxygen atoms in total. The first-order valence-corrected chi connectivity index (χ1v) is 9.56. The van der Waals surface area contributed by atoms with Gasteiger partial charge in [-0.3, -0.25) is 0 Å². The lowest BCUT2D eigenvalue weighted by Crippen LogP contribution is -3.11. The monoisotopic (exact) mass is 372 g/mol. The number of likely N-dealkylation sites (tertiary alicyclic amines) is 1. The van der Waals surface area contributed by atoms with Gasteiger partial charge >= 0.3 is 0 Å². The van der Waals surface area contributed by atoms with Crippen molar-refractivity contribution in [3.8, 4) is 5.75 Å². The van der Waals surface area contributed by atoms with Gasteiger partial charge in [-0.2, -0.15) is 5.01 Å². The van der Waals surface area contributed by atoms with Crippen molar-refractivity contribution in [1.82, 2.24) is 10.4 Å². The SMILES string of the molecule is Cc1ccc(C2=CC3c4cc(Cl)ccc4OC4(CC[NH+](C)CC4)N3N2)o1. The van der Waals surface area contributed by atoms with E-state index in [1.165, 1.54) is 0 Å². The summed E-state index contributed by atoms with van der Waals surface area (Å²) in [5, 5.41) is 3.00. The fraction of sp³-hybridized carbons (Fsp3) is 0.400. The summed E-state index contributed by atoms with van der Waals surface area (Å²) >= 11 is 6.28. The van der Waals surface area contributed by atoms with E-state index in [1.54, 1.807) is 4.90 Å². The summed E-state index contributed by atoms with van der Waals surface area (Å²) in [6.45, 7) is 4.14. The Bertz CT molecular complexity index is 883. The lowest BCUT2D eigenvalue weighted by molar-refractivity contribution is -0.888. The fourth-order valence-electron chi connectivity index (χ4n) is 4.28. The summed E-state index contributed by atoms with van der Waals surface area (Å²) in [5.74, 6) is 2.70. The predicted octanol–water partition coefficient (Wildman–Crippen LogP) is 2.54. The van der Waals surface area contributed by atoms with E-state index in [0.717, 1.165) is 59.5 Å². The number of hydrogen-bond donors (Lipinski definition) is 2. The Kier molecular flexibility index (Phi) is 3.61. The molecule has 3 aliphatic heterocycles. The van der Waals surface area contributed by atoms with E-state index in [1.807, 2.05) is 37.3 Å². The molecule has 1 spiro atoms. The third-order valence-corrected chi connectivity index (χ3v) is 6.00. The van der Waals surface area contributed by atoms with Crippen LogP contribution in [-0.4, -0.2) is 30.9 Å². The quantitative estimate of drug-likeness (QED) is 0.807. The number of hydrazine groups is 1. The fourth-order valence-corrected chi connectivity index (χ4v) is 4.46. The lowest BCUT2D eigenvalue weighted by Gasteiger charge is -2.50. The van der Waals surface area contributed by atoms with Gasteiger partial charge in [-0.15, -0.1) is 0 Å². The van der Waals surface area contributed by atoms with Crippen LogP contribution in [0.3, 0.4) is 0 Å². The summed E-state index contributed by atoms with van der Waals surface area (Å²) in [5.41, 5.74) is 5.33. The summed E-state index contributed by atoms with van der Waals surface area (Å²) in [6.07, 6.45) is 4.17. The first-order valence-electron chi connectivity index (χ1n) is 9.18. The molecular formula is C20H23ClN3O2+. The smallest absolute Gasteiger partial charge is 0.191 e. The van der Waals surface area contributed by atoms with Gasteiger partial charge in [0.2, 0.25) is 0 Å². The minimum absolute atomic E-state index is 0.0799. The van der Waals surface area contributed by atoms with E-state index in [9.17, 15) is 0 Å². The minimum Gasteiger partial charge on any atom is -0.470 e. The second-order valence-corrected chi connectivity index (χ2v) is 8.04. The van der Waals surface area contributed by atoms with Gasteiger partial charge < -0.3 is 19.5 Å². The summed E-state index contributed by atoms with van der Waals surface area (Å²) in [7, 11) is 2.24. The van der Waals surface area contributed by atoms with Crippen LogP contribution in [0.4, 0.5) is 0 Å². The highest BCUT2D eigenvalue weighted by Gasteiger charge is 2.52. The van der Waals surface area contributed by atoms with Crippen LogP contribution >= 0.6 is 11.6 Å². The van der Waals surface area contributed by atoms with Crippen molar-refractivity contribution < 1.29 is 14.1 Å². The van der Waals surface area contributed by atoms with Gasteiger partial charge in [0.1, 0.15) is 11.5 Å².